The van der Waals surface area contributed by atoms with E-state index in [0.29, 0.717) is 42.3 Å². The van der Waals surface area contributed by atoms with Gasteiger partial charge >= 0.3 is 6.09 Å². The predicted molar refractivity (Wildman–Crippen MR) is 107 cm³/mol. The van der Waals surface area contributed by atoms with Crippen molar-refractivity contribution in [1.29, 1.82) is 0 Å². The lowest BCUT2D eigenvalue weighted by Crippen LogP contribution is -2.50. The number of amides is 2. The Kier molecular flexibility index (Phi) is 4.68. The molecule has 0 bridgehead atoms. The van der Waals surface area contributed by atoms with Crippen LogP contribution in [-0.4, -0.2) is 62.6 Å². The zero-order valence-electron chi connectivity index (χ0n) is 15.3. The largest absolute Gasteiger partial charge is 0.465 e. The van der Waals surface area contributed by atoms with Crippen LogP contribution in [0.3, 0.4) is 0 Å². The Morgan fingerprint density at radius 1 is 1.07 bits per heavy atom. The topological polar surface area (TPSA) is 78.7 Å². The second kappa shape index (κ2) is 7.16. The summed E-state index contributed by atoms with van der Waals surface area (Å²) in [6.45, 7) is 1.39. The van der Waals surface area contributed by atoms with Crippen molar-refractivity contribution in [3.05, 3.63) is 53.3 Å². The molecule has 1 aliphatic heterocycles. The molecule has 0 atom stereocenters. The Morgan fingerprint density at radius 2 is 1.79 bits per heavy atom. The molecule has 144 valence electrons. The third kappa shape index (κ3) is 3.41. The number of aromatic nitrogens is 2. The number of fused-ring (bicyclic) bond motifs is 1. The molecule has 1 fully saturated rings. The molecular weight excluding hydrogens is 380 g/mol. The van der Waals surface area contributed by atoms with Crippen LogP contribution in [0.25, 0.3) is 22.2 Å². The first-order valence-electron chi connectivity index (χ1n) is 8.92. The van der Waals surface area contributed by atoms with Crippen molar-refractivity contribution in [2.24, 2.45) is 7.05 Å². The fourth-order valence-electron chi connectivity index (χ4n) is 3.41. The highest BCUT2D eigenvalue weighted by atomic mass is 35.5. The second-order valence-corrected chi connectivity index (χ2v) is 7.26. The molecule has 3 heterocycles. The van der Waals surface area contributed by atoms with Crippen LogP contribution in [0.4, 0.5) is 4.79 Å². The molecule has 28 heavy (non-hydrogen) atoms. The molecule has 0 unspecified atom stereocenters. The number of pyridine rings is 1. The van der Waals surface area contributed by atoms with Gasteiger partial charge in [-0.05, 0) is 24.3 Å². The lowest BCUT2D eigenvalue weighted by Gasteiger charge is -2.33. The summed E-state index contributed by atoms with van der Waals surface area (Å²) in [5, 5.41) is 10.4. The van der Waals surface area contributed by atoms with E-state index >= 15 is 0 Å². The van der Waals surface area contributed by atoms with E-state index in [1.165, 1.54) is 4.90 Å². The van der Waals surface area contributed by atoms with Gasteiger partial charge in [0.05, 0.1) is 16.2 Å². The fraction of sp³-hybridized carbons (Fsp3) is 0.250. The van der Waals surface area contributed by atoms with Gasteiger partial charge in [0.15, 0.2) is 0 Å². The summed E-state index contributed by atoms with van der Waals surface area (Å²) in [4.78, 5) is 31.6. The van der Waals surface area contributed by atoms with Crippen LogP contribution in [0.2, 0.25) is 5.02 Å². The summed E-state index contributed by atoms with van der Waals surface area (Å²) in [7, 11) is 1.94. The van der Waals surface area contributed by atoms with Crippen LogP contribution < -0.4 is 0 Å². The van der Waals surface area contributed by atoms with E-state index in [1.807, 2.05) is 36.1 Å². The molecule has 0 spiro atoms. The fourth-order valence-corrected chi connectivity index (χ4v) is 3.67. The molecule has 1 N–H and O–H groups in total. The predicted octanol–water partition coefficient (Wildman–Crippen LogP) is 3.33. The quantitative estimate of drug-likeness (QED) is 0.718. The first-order chi connectivity index (χ1) is 13.4. The van der Waals surface area contributed by atoms with E-state index in [-0.39, 0.29) is 5.91 Å². The zero-order valence-corrected chi connectivity index (χ0v) is 16.1. The number of carboxylic acid groups (broad SMARTS) is 1. The smallest absolute Gasteiger partial charge is 0.407 e. The van der Waals surface area contributed by atoms with E-state index in [2.05, 4.69) is 4.98 Å². The highest BCUT2D eigenvalue weighted by Gasteiger charge is 2.24. The van der Waals surface area contributed by atoms with Crippen molar-refractivity contribution < 1.29 is 14.7 Å². The Balaban J connectivity index is 1.63. The van der Waals surface area contributed by atoms with Gasteiger partial charge in [-0.15, -0.1) is 0 Å². The Morgan fingerprint density at radius 3 is 2.43 bits per heavy atom. The van der Waals surface area contributed by atoms with Crippen molar-refractivity contribution in [2.45, 2.75) is 0 Å². The number of piperazine rings is 1. The van der Waals surface area contributed by atoms with Crippen molar-refractivity contribution >= 4 is 34.5 Å². The summed E-state index contributed by atoms with van der Waals surface area (Å²) < 4.78 is 1.94. The molecule has 0 radical (unpaired) electrons. The summed E-state index contributed by atoms with van der Waals surface area (Å²) in [6.07, 6.45) is 2.94. The van der Waals surface area contributed by atoms with E-state index in [4.69, 9.17) is 16.7 Å². The van der Waals surface area contributed by atoms with E-state index in [9.17, 15) is 9.59 Å². The van der Waals surface area contributed by atoms with Crippen molar-refractivity contribution in [2.75, 3.05) is 26.2 Å². The zero-order chi connectivity index (χ0) is 19.8. The van der Waals surface area contributed by atoms with Gasteiger partial charge in [-0.3, -0.25) is 4.79 Å². The number of hydrogen-bond acceptors (Lipinski definition) is 3. The average molecular weight is 399 g/mol. The highest BCUT2D eigenvalue weighted by molar-refractivity contribution is 6.35. The molecule has 0 aliphatic carbocycles. The monoisotopic (exact) mass is 398 g/mol. The standard InChI is InChI=1S/C20H19ClN4O3/c1-23-5-4-14(12-23)17-11-16(21)15-3-2-13(10-18(15)22-17)19(26)24-6-8-25(9-7-24)20(27)28/h2-5,10-12H,6-9H2,1H3,(H,27,28). The van der Waals surface area contributed by atoms with Gasteiger partial charge < -0.3 is 19.5 Å². The lowest BCUT2D eigenvalue weighted by atomic mass is 10.1. The maximum absolute atomic E-state index is 12.9. The van der Waals surface area contributed by atoms with Gasteiger partial charge in [0.2, 0.25) is 0 Å². The van der Waals surface area contributed by atoms with Crippen LogP contribution >= 0.6 is 11.6 Å². The summed E-state index contributed by atoms with van der Waals surface area (Å²) in [5.41, 5.74) is 2.87. The molecular formula is C20H19ClN4O3. The van der Waals surface area contributed by atoms with E-state index in [1.54, 1.807) is 23.1 Å². The molecule has 2 aromatic heterocycles. The molecule has 1 aromatic carbocycles. The molecule has 4 rings (SSSR count). The van der Waals surface area contributed by atoms with Crippen LogP contribution in [0, 0.1) is 0 Å². The second-order valence-electron chi connectivity index (χ2n) is 6.85. The molecule has 0 saturated carbocycles. The number of halogens is 1. The lowest BCUT2D eigenvalue weighted by molar-refractivity contribution is 0.0625. The minimum absolute atomic E-state index is 0.130. The number of benzene rings is 1. The highest BCUT2D eigenvalue weighted by Crippen LogP contribution is 2.29. The summed E-state index contributed by atoms with van der Waals surface area (Å²) in [5.74, 6) is -0.130. The van der Waals surface area contributed by atoms with Crippen molar-refractivity contribution in [3.63, 3.8) is 0 Å². The molecule has 8 heteroatoms. The molecule has 7 nitrogen and oxygen atoms in total. The Labute approximate surface area is 166 Å². The third-order valence-corrected chi connectivity index (χ3v) is 5.28. The Bertz CT molecular complexity index is 1070. The SMILES string of the molecule is Cn1ccc(-c2cc(Cl)c3ccc(C(=O)N4CCN(C(=O)O)CC4)cc3n2)c1. The van der Waals surface area contributed by atoms with E-state index < -0.39 is 6.09 Å². The third-order valence-electron chi connectivity index (χ3n) is 4.97. The van der Waals surface area contributed by atoms with Crippen molar-refractivity contribution in [1.82, 2.24) is 19.4 Å². The molecule has 3 aromatic rings. The first-order valence-corrected chi connectivity index (χ1v) is 9.30. The van der Waals surface area contributed by atoms with Gasteiger partial charge in [-0.25, -0.2) is 9.78 Å². The normalized spacial score (nSPS) is 14.5. The van der Waals surface area contributed by atoms with Gasteiger partial charge in [-0.1, -0.05) is 17.7 Å². The minimum Gasteiger partial charge on any atom is -0.465 e. The van der Waals surface area contributed by atoms with Gasteiger partial charge in [0.1, 0.15) is 0 Å². The number of carbonyl (C=O) groups is 2. The maximum atomic E-state index is 12.9. The number of aryl methyl sites for hydroxylation is 1. The summed E-state index contributed by atoms with van der Waals surface area (Å²) >= 11 is 6.44. The first kappa shape index (κ1) is 18.3. The van der Waals surface area contributed by atoms with Gasteiger partial charge in [0.25, 0.3) is 5.91 Å². The molecule has 2 amide bonds. The Hall–Kier alpha value is -3.06. The van der Waals surface area contributed by atoms with Crippen LogP contribution in [-0.2, 0) is 7.05 Å². The van der Waals surface area contributed by atoms with Gasteiger partial charge in [-0.2, -0.15) is 0 Å². The van der Waals surface area contributed by atoms with Crippen LogP contribution in [0.15, 0.2) is 42.7 Å². The number of carbonyl (C=O) groups excluding carboxylic acids is 1. The molecule has 1 saturated heterocycles. The summed E-state index contributed by atoms with van der Waals surface area (Å²) in [6, 6.07) is 9.08. The number of hydrogen-bond donors (Lipinski definition) is 1. The van der Waals surface area contributed by atoms with Crippen LogP contribution in [0.1, 0.15) is 10.4 Å². The van der Waals surface area contributed by atoms with Crippen LogP contribution in [0.5, 0.6) is 0 Å². The van der Waals surface area contributed by atoms with Crippen molar-refractivity contribution in [3.8, 4) is 11.3 Å². The minimum atomic E-state index is -0.954. The molecule has 1 aliphatic rings. The number of rotatable bonds is 2. The van der Waals surface area contributed by atoms with E-state index in [0.717, 1.165) is 16.6 Å². The van der Waals surface area contributed by atoms with Gasteiger partial charge in [0, 0.05) is 62.1 Å². The average Bonchev–Trinajstić information content (AvgIpc) is 3.13. The maximum Gasteiger partial charge on any atom is 0.407 e. The number of nitrogens with zero attached hydrogens (tertiary/aromatic N) is 4.